The van der Waals surface area contributed by atoms with Crippen molar-refractivity contribution in [3.8, 4) is 11.3 Å². The van der Waals surface area contributed by atoms with Gasteiger partial charge in [-0.15, -0.1) is 5.10 Å². The number of rotatable bonds is 5. The summed E-state index contributed by atoms with van der Waals surface area (Å²) < 4.78 is 3.76. The van der Waals surface area contributed by atoms with Gasteiger partial charge in [0.15, 0.2) is 0 Å². The topological polar surface area (TPSA) is 72.0 Å². The van der Waals surface area contributed by atoms with Gasteiger partial charge < -0.3 is 5.11 Å². The Bertz CT molecular complexity index is 661. The van der Waals surface area contributed by atoms with Gasteiger partial charge >= 0.3 is 0 Å². The zero-order valence-electron chi connectivity index (χ0n) is 14.3. The normalized spacial score (nSPS) is 22.3. The minimum absolute atomic E-state index is 0.0374. The van der Waals surface area contributed by atoms with Gasteiger partial charge in [-0.1, -0.05) is 12.1 Å². The van der Waals surface area contributed by atoms with E-state index in [0.717, 1.165) is 36.5 Å². The molecule has 1 saturated heterocycles. The van der Waals surface area contributed by atoms with E-state index in [9.17, 15) is 5.11 Å². The molecule has 7 heteroatoms. The molecule has 0 bridgehead atoms. The molecule has 1 fully saturated rings. The molecule has 3 rings (SSSR count). The molecule has 1 aliphatic heterocycles. The molecule has 3 heterocycles. The van der Waals surface area contributed by atoms with E-state index in [-0.39, 0.29) is 6.04 Å². The zero-order chi connectivity index (χ0) is 16.6. The molecule has 126 valence electrons. The molecule has 0 spiro atoms. The summed E-state index contributed by atoms with van der Waals surface area (Å²) in [6.45, 7) is 10.8. The van der Waals surface area contributed by atoms with Crippen LogP contribution in [-0.4, -0.2) is 60.0 Å². The first-order valence-corrected chi connectivity index (χ1v) is 8.38. The highest BCUT2D eigenvalue weighted by Crippen LogP contribution is 2.26. The van der Waals surface area contributed by atoms with E-state index in [1.54, 1.807) is 4.68 Å². The SMILES string of the molecule is CCCn1cc(-c2cn([C@H]3CN(C(C)C)C[C@@H]3O)nn2)c(C)n1. The second-order valence-electron chi connectivity index (χ2n) is 6.66. The van der Waals surface area contributed by atoms with Crippen LogP contribution in [-0.2, 0) is 6.54 Å². The monoisotopic (exact) mass is 318 g/mol. The molecular weight excluding hydrogens is 292 g/mol. The minimum Gasteiger partial charge on any atom is -0.390 e. The number of aliphatic hydroxyl groups is 1. The van der Waals surface area contributed by atoms with Gasteiger partial charge in [0.2, 0.25) is 0 Å². The summed E-state index contributed by atoms with van der Waals surface area (Å²) in [4.78, 5) is 2.27. The fraction of sp³-hybridized carbons (Fsp3) is 0.688. The van der Waals surface area contributed by atoms with Crippen LogP contribution < -0.4 is 0 Å². The second kappa shape index (κ2) is 6.41. The van der Waals surface area contributed by atoms with Crippen LogP contribution in [0.15, 0.2) is 12.4 Å². The van der Waals surface area contributed by atoms with Gasteiger partial charge in [-0.25, -0.2) is 4.68 Å². The standard InChI is InChI=1S/C16H26N6O/c1-5-6-21-7-13(12(4)18-21)14-8-22(19-17-14)15-9-20(11(2)3)10-16(15)23/h7-8,11,15-16,23H,5-6,9-10H2,1-4H3/t15-,16-/m0/s1. The Kier molecular flexibility index (Phi) is 4.50. The Balaban J connectivity index is 1.81. The van der Waals surface area contributed by atoms with E-state index >= 15 is 0 Å². The van der Waals surface area contributed by atoms with Gasteiger partial charge in [0, 0.05) is 37.4 Å². The average molecular weight is 318 g/mol. The smallest absolute Gasteiger partial charge is 0.116 e. The van der Waals surface area contributed by atoms with Gasteiger partial charge in [-0.2, -0.15) is 5.10 Å². The third-order valence-electron chi connectivity index (χ3n) is 4.54. The Hall–Kier alpha value is -1.73. The minimum atomic E-state index is -0.407. The summed E-state index contributed by atoms with van der Waals surface area (Å²) in [6, 6.07) is 0.386. The molecule has 23 heavy (non-hydrogen) atoms. The zero-order valence-corrected chi connectivity index (χ0v) is 14.3. The second-order valence-corrected chi connectivity index (χ2v) is 6.66. The van der Waals surface area contributed by atoms with Crippen molar-refractivity contribution >= 4 is 0 Å². The van der Waals surface area contributed by atoms with Gasteiger partial charge in [-0.05, 0) is 27.2 Å². The third-order valence-corrected chi connectivity index (χ3v) is 4.54. The molecule has 0 aliphatic carbocycles. The van der Waals surface area contributed by atoms with Crippen molar-refractivity contribution in [2.75, 3.05) is 13.1 Å². The molecule has 0 saturated carbocycles. The van der Waals surface area contributed by atoms with E-state index in [2.05, 4.69) is 41.1 Å². The van der Waals surface area contributed by atoms with E-state index < -0.39 is 6.10 Å². The molecule has 0 aromatic carbocycles. The van der Waals surface area contributed by atoms with Crippen LogP contribution in [0.1, 0.15) is 38.9 Å². The largest absolute Gasteiger partial charge is 0.390 e. The lowest BCUT2D eigenvalue weighted by atomic mass is 10.2. The first kappa shape index (κ1) is 16.1. The summed E-state index contributed by atoms with van der Waals surface area (Å²) in [5, 5.41) is 23.4. The summed E-state index contributed by atoms with van der Waals surface area (Å²) in [7, 11) is 0. The van der Waals surface area contributed by atoms with Crippen LogP contribution in [0.2, 0.25) is 0 Å². The number of β-amino-alcohol motifs (C(OH)–C–C–N with tert-alkyl or cyclic N) is 1. The molecule has 2 aromatic rings. The van der Waals surface area contributed by atoms with Gasteiger partial charge in [-0.3, -0.25) is 9.58 Å². The molecule has 2 atom stereocenters. The van der Waals surface area contributed by atoms with Crippen LogP contribution >= 0.6 is 0 Å². The predicted molar refractivity (Wildman–Crippen MR) is 88.0 cm³/mol. The highest BCUT2D eigenvalue weighted by Gasteiger charge is 2.34. The number of nitrogens with zero attached hydrogens (tertiary/aromatic N) is 6. The van der Waals surface area contributed by atoms with Crippen LogP contribution in [0.4, 0.5) is 0 Å². The van der Waals surface area contributed by atoms with E-state index in [0.29, 0.717) is 12.6 Å². The average Bonchev–Trinajstić information content (AvgIpc) is 3.17. The third kappa shape index (κ3) is 3.16. The van der Waals surface area contributed by atoms with Crippen LogP contribution in [0.25, 0.3) is 11.3 Å². The van der Waals surface area contributed by atoms with Gasteiger partial charge in [0.25, 0.3) is 0 Å². The molecule has 1 aliphatic rings. The number of hydrogen-bond acceptors (Lipinski definition) is 5. The fourth-order valence-corrected chi connectivity index (χ4v) is 3.16. The Morgan fingerprint density at radius 3 is 2.74 bits per heavy atom. The maximum atomic E-state index is 10.3. The Labute approximate surface area is 136 Å². The lowest BCUT2D eigenvalue weighted by Crippen LogP contribution is -2.29. The van der Waals surface area contributed by atoms with Crippen molar-refractivity contribution in [1.82, 2.24) is 29.7 Å². The maximum Gasteiger partial charge on any atom is 0.116 e. The van der Waals surface area contributed by atoms with Crippen LogP contribution in [0.3, 0.4) is 0 Å². The molecule has 1 N–H and O–H groups in total. The number of aromatic nitrogens is 5. The number of aliphatic hydroxyl groups excluding tert-OH is 1. The summed E-state index contributed by atoms with van der Waals surface area (Å²) >= 11 is 0. The summed E-state index contributed by atoms with van der Waals surface area (Å²) in [6.07, 6.45) is 4.60. The predicted octanol–water partition coefficient (Wildman–Crippen LogP) is 1.49. The molecule has 2 aromatic heterocycles. The summed E-state index contributed by atoms with van der Waals surface area (Å²) in [5.74, 6) is 0. The van der Waals surface area contributed by atoms with Crippen molar-refractivity contribution in [3.05, 3.63) is 18.1 Å². The first-order chi connectivity index (χ1) is 11.0. The number of hydrogen-bond donors (Lipinski definition) is 1. The fourth-order valence-electron chi connectivity index (χ4n) is 3.16. The van der Waals surface area contributed by atoms with Crippen LogP contribution in [0, 0.1) is 6.92 Å². The molecule has 0 unspecified atom stereocenters. The van der Waals surface area contributed by atoms with E-state index in [1.807, 2.05) is 24.0 Å². The highest BCUT2D eigenvalue weighted by atomic mass is 16.3. The van der Waals surface area contributed by atoms with Crippen LogP contribution in [0.5, 0.6) is 0 Å². The van der Waals surface area contributed by atoms with Crippen molar-refractivity contribution in [1.29, 1.82) is 0 Å². The van der Waals surface area contributed by atoms with Crippen molar-refractivity contribution in [3.63, 3.8) is 0 Å². The van der Waals surface area contributed by atoms with E-state index in [1.165, 1.54) is 0 Å². The first-order valence-electron chi connectivity index (χ1n) is 8.38. The lowest BCUT2D eigenvalue weighted by molar-refractivity contribution is 0.135. The number of likely N-dealkylation sites (tertiary alicyclic amines) is 1. The van der Waals surface area contributed by atoms with E-state index in [4.69, 9.17) is 0 Å². The maximum absolute atomic E-state index is 10.3. The summed E-state index contributed by atoms with van der Waals surface area (Å²) in [5.41, 5.74) is 2.79. The van der Waals surface area contributed by atoms with Crippen molar-refractivity contribution in [2.45, 2.75) is 58.8 Å². The Morgan fingerprint density at radius 2 is 2.09 bits per heavy atom. The molecule has 7 nitrogen and oxygen atoms in total. The Morgan fingerprint density at radius 1 is 1.30 bits per heavy atom. The van der Waals surface area contributed by atoms with Gasteiger partial charge in [0.1, 0.15) is 5.69 Å². The van der Waals surface area contributed by atoms with Gasteiger partial charge in [0.05, 0.1) is 24.0 Å². The molecular formula is C16H26N6O. The highest BCUT2D eigenvalue weighted by molar-refractivity contribution is 5.59. The van der Waals surface area contributed by atoms with Crippen molar-refractivity contribution in [2.24, 2.45) is 0 Å². The lowest BCUT2D eigenvalue weighted by Gasteiger charge is -2.19. The number of aryl methyl sites for hydroxylation is 2. The quantitative estimate of drug-likeness (QED) is 0.904. The molecule has 0 amide bonds. The molecule has 0 radical (unpaired) electrons. The van der Waals surface area contributed by atoms with Crippen molar-refractivity contribution < 1.29 is 5.11 Å².